The summed E-state index contributed by atoms with van der Waals surface area (Å²) in [6, 6.07) is 0. The van der Waals surface area contributed by atoms with Gasteiger partial charge in [0.1, 0.15) is 28.0 Å². The predicted molar refractivity (Wildman–Crippen MR) is 462 cm³/mol. The summed E-state index contributed by atoms with van der Waals surface area (Å²) >= 11 is 0. The summed E-state index contributed by atoms with van der Waals surface area (Å²) < 4.78 is 29.0. The third kappa shape index (κ3) is 38.0. The molecule has 0 aliphatic heterocycles. The van der Waals surface area contributed by atoms with E-state index in [1.54, 1.807) is 0 Å². The molecule has 8 rings (SSSR count). The molecule has 8 aliphatic rings. The molecular formula is C93H200O10. The lowest BCUT2D eigenvalue weighted by Crippen LogP contribution is -2.47. The molecule has 0 saturated heterocycles. The van der Waals surface area contributed by atoms with Crippen molar-refractivity contribution in [1.82, 2.24) is 0 Å². The highest BCUT2D eigenvalue weighted by molar-refractivity contribution is 5.78. The summed E-state index contributed by atoms with van der Waals surface area (Å²) in [5.74, 6) is 6.27. The van der Waals surface area contributed by atoms with Gasteiger partial charge in [-0.1, -0.05) is 217 Å². The second kappa shape index (κ2) is 57.4. The van der Waals surface area contributed by atoms with Crippen LogP contribution in [0.3, 0.4) is 0 Å². The first-order valence-electron chi connectivity index (χ1n) is 39.4. The van der Waals surface area contributed by atoms with E-state index in [4.69, 9.17) is 23.7 Å². The number of rotatable bonds is 17. The molecule has 8 aliphatic carbocycles. The molecular weight excluding hydrogens is 1280 g/mol. The summed E-state index contributed by atoms with van der Waals surface area (Å²) in [4.78, 5) is 60.5. The van der Waals surface area contributed by atoms with Crippen LogP contribution in [0.15, 0.2) is 0 Å². The zero-order chi connectivity index (χ0) is 72.8. The third-order valence-electron chi connectivity index (χ3n) is 23.5. The second-order valence-corrected chi connectivity index (χ2v) is 32.9. The molecule has 7 unspecified atom stereocenters. The normalized spacial score (nSPS) is 22.6. The Balaban J connectivity index is -0.0000000957. The van der Waals surface area contributed by atoms with Gasteiger partial charge in [0.25, 0.3) is 0 Å². The van der Waals surface area contributed by atoms with E-state index in [1.165, 1.54) is 116 Å². The van der Waals surface area contributed by atoms with Gasteiger partial charge in [0.15, 0.2) is 0 Å². The van der Waals surface area contributed by atoms with E-state index in [9.17, 15) is 24.0 Å². The Labute approximate surface area is 652 Å². The van der Waals surface area contributed by atoms with Crippen LogP contribution >= 0.6 is 0 Å². The van der Waals surface area contributed by atoms with Crippen LogP contribution in [0.25, 0.3) is 0 Å². The van der Waals surface area contributed by atoms with Crippen molar-refractivity contribution in [1.29, 1.82) is 0 Å². The molecule has 0 N–H and O–H groups in total. The summed E-state index contributed by atoms with van der Waals surface area (Å²) in [5, 5.41) is 0. The fourth-order valence-corrected chi connectivity index (χ4v) is 14.7. The highest BCUT2D eigenvalue weighted by Crippen LogP contribution is 2.70. The van der Waals surface area contributed by atoms with Crippen molar-refractivity contribution in [3.8, 4) is 0 Å². The molecule has 632 valence electrons. The van der Waals surface area contributed by atoms with Crippen molar-refractivity contribution < 1.29 is 47.7 Å². The molecule has 0 aromatic heterocycles. The summed E-state index contributed by atoms with van der Waals surface area (Å²) in [6.45, 7) is 64.6. The van der Waals surface area contributed by atoms with Gasteiger partial charge in [0.2, 0.25) is 0 Å². The molecule has 8 fully saturated rings. The van der Waals surface area contributed by atoms with Gasteiger partial charge in [-0.05, 0) is 300 Å². The van der Waals surface area contributed by atoms with E-state index < -0.39 is 0 Å². The van der Waals surface area contributed by atoms with Gasteiger partial charge >= 0.3 is 29.8 Å². The Kier molecular flexibility index (Phi) is 70.8. The molecule has 0 radical (unpaired) electrons. The standard InChI is InChI=1S/C19H30O2.C15H28O2.C14H26O2.C13H24O2.C12H22O2.5C2H6.10CH4/c1-5-18(2,3)17(20)21-19(4)10-13-9-14(19)16-12-7-6-11(8-12)15(13)16;1-6-14(2,3)13(16)17-15(4,5)12-10-8-7-9-11-12;1-6-13(2,3)12(15)16-14(4,5)11-9-7-8-10-11;1-5-12(2,3)11(14)15-13(4)9-7-6-8-10-13;1-5-11(2,3)10(13)14-12(4)8-6-7-9-12;5*1-2;;;;;;;;;;/h11-16H,5-10H2,1-4H3;12H,6-11H2,1-5H3;11H,6-10H2,1-5H3;5-10H2,1-4H3;5-9H2,1-4H3;5*1-2H3;10*1H4. The Bertz CT molecular complexity index is 2090. The van der Waals surface area contributed by atoms with Crippen LogP contribution in [0.2, 0.25) is 0 Å². The minimum absolute atomic E-state index is 0. The fraction of sp³-hybridized carbons (Fsp3) is 0.946. The van der Waals surface area contributed by atoms with Gasteiger partial charge in [-0.15, -0.1) is 0 Å². The van der Waals surface area contributed by atoms with E-state index in [-0.39, 0.29) is 159 Å². The maximum atomic E-state index is 12.6. The number of hydrogen-bond acceptors (Lipinski definition) is 10. The number of fused-ring (bicyclic) bond motifs is 9. The molecule has 4 bridgehead atoms. The molecule has 0 heterocycles. The van der Waals surface area contributed by atoms with Crippen LogP contribution in [0.5, 0.6) is 0 Å². The zero-order valence-electron chi connectivity index (χ0n) is 68.0. The third-order valence-corrected chi connectivity index (χ3v) is 23.5. The molecule has 10 nitrogen and oxygen atoms in total. The van der Waals surface area contributed by atoms with Gasteiger partial charge in [-0.2, -0.15) is 0 Å². The lowest BCUT2D eigenvalue weighted by atomic mass is 9.66. The van der Waals surface area contributed by atoms with Gasteiger partial charge in [0, 0.05) is 5.92 Å². The van der Waals surface area contributed by atoms with Crippen molar-refractivity contribution >= 4 is 29.8 Å². The Morgan fingerprint density at radius 2 is 0.553 bits per heavy atom. The monoisotopic (exact) mass is 1480 g/mol. The average Bonchev–Trinajstić information content (AvgIpc) is 1.54. The summed E-state index contributed by atoms with van der Waals surface area (Å²) in [6.07, 6.45) is 32.5. The zero-order valence-corrected chi connectivity index (χ0v) is 68.0. The van der Waals surface area contributed by atoms with Crippen molar-refractivity contribution in [2.75, 3.05) is 0 Å². The van der Waals surface area contributed by atoms with E-state index in [2.05, 4.69) is 55.4 Å². The lowest BCUT2D eigenvalue weighted by molar-refractivity contribution is -0.179. The number of esters is 5. The number of carbonyl (C=O) groups is 5. The van der Waals surface area contributed by atoms with Crippen LogP contribution in [0.1, 0.15) is 476 Å². The average molecular weight is 1480 g/mol. The molecule has 10 heteroatoms. The first-order chi connectivity index (χ1) is 43.2. The summed E-state index contributed by atoms with van der Waals surface area (Å²) in [7, 11) is 0. The van der Waals surface area contributed by atoms with Crippen molar-refractivity contribution in [2.45, 2.75) is 504 Å². The van der Waals surface area contributed by atoms with E-state index in [0.717, 1.165) is 93.8 Å². The predicted octanol–water partition coefficient (Wildman–Crippen LogP) is 31.2. The number of carbonyl (C=O) groups excluding carboxylic acids is 5. The topological polar surface area (TPSA) is 132 Å². The largest absolute Gasteiger partial charge is 0.459 e. The van der Waals surface area contributed by atoms with Crippen molar-refractivity contribution in [2.24, 2.45) is 74.4 Å². The van der Waals surface area contributed by atoms with E-state index in [0.29, 0.717) is 17.8 Å². The fourth-order valence-electron chi connectivity index (χ4n) is 14.7. The Morgan fingerprint density at radius 3 is 0.845 bits per heavy atom. The molecule has 0 aromatic carbocycles. The van der Waals surface area contributed by atoms with Crippen LogP contribution in [-0.4, -0.2) is 57.9 Å². The molecule has 0 amide bonds. The van der Waals surface area contributed by atoms with Crippen molar-refractivity contribution in [3.05, 3.63) is 0 Å². The highest BCUT2D eigenvalue weighted by atomic mass is 16.6. The minimum atomic E-state index is -0.355. The molecule has 7 atom stereocenters. The number of hydrogen-bond donors (Lipinski definition) is 0. The second-order valence-electron chi connectivity index (χ2n) is 32.9. The Morgan fingerprint density at radius 1 is 0.311 bits per heavy atom. The minimum Gasteiger partial charge on any atom is -0.459 e. The number of ether oxygens (including phenoxy) is 5. The lowest BCUT2D eigenvalue weighted by Gasteiger charge is -2.45. The smallest absolute Gasteiger partial charge is 0.312 e. The molecule has 103 heavy (non-hydrogen) atoms. The molecule has 8 saturated carbocycles. The maximum absolute atomic E-state index is 12.6. The van der Waals surface area contributed by atoms with Gasteiger partial charge < -0.3 is 23.7 Å². The molecule has 0 spiro atoms. The van der Waals surface area contributed by atoms with Crippen LogP contribution in [0, 0.1) is 74.4 Å². The van der Waals surface area contributed by atoms with Crippen LogP contribution in [-0.2, 0) is 47.7 Å². The first kappa shape index (κ1) is 127. The Hall–Kier alpha value is -2.65. The molecule has 0 aromatic rings. The van der Waals surface area contributed by atoms with E-state index in [1.807, 2.05) is 166 Å². The highest BCUT2D eigenvalue weighted by Gasteiger charge is 2.67. The van der Waals surface area contributed by atoms with Crippen molar-refractivity contribution in [3.63, 3.8) is 0 Å². The van der Waals surface area contributed by atoms with Gasteiger partial charge in [0.05, 0.1) is 27.1 Å². The SMILES string of the molecule is C.C.C.C.C.C.C.C.C.C.CC.CC.CC.CC.CC.CCC(C)(C)C(=O)OC(C)(C)C1CCCC1.CCC(C)(C)C(=O)OC(C)(C)C1CCCCC1.CCC(C)(C)C(=O)OC1(C)CC2CC1C1C3CCC(C3)C21.CCC(C)(C)C(=O)OC1(C)CCCC1.CCC(C)(C)C(=O)OC1(C)CCCCC1. The van der Waals surface area contributed by atoms with Crippen LogP contribution < -0.4 is 0 Å². The van der Waals surface area contributed by atoms with E-state index >= 15 is 0 Å². The summed E-state index contributed by atoms with van der Waals surface area (Å²) in [5.41, 5.74) is -2.83. The van der Waals surface area contributed by atoms with Gasteiger partial charge in [-0.3, -0.25) is 24.0 Å². The van der Waals surface area contributed by atoms with Gasteiger partial charge in [-0.25, -0.2) is 0 Å². The maximum Gasteiger partial charge on any atom is 0.312 e. The first-order valence-corrected chi connectivity index (χ1v) is 39.4. The quantitative estimate of drug-likeness (QED) is 0.0788. The van der Waals surface area contributed by atoms with Crippen LogP contribution in [0.4, 0.5) is 0 Å².